The van der Waals surface area contributed by atoms with E-state index in [1.807, 2.05) is 23.6 Å². The number of aromatic nitrogens is 1. The molecule has 0 aliphatic carbocycles. The first-order valence-corrected chi connectivity index (χ1v) is 14.5. The van der Waals surface area contributed by atoms with Crippen LogP contribution in [0.1, 0.15) is 26.5 Å². The molecule has 2 aromatic heterocycles. The Balaban J connectivity index is 1.24. The number of thioether (sulfide) groups is 1. The molecule has 0 aliphatic rings. The summed E-state index contributed by atoms with van der Waals surface area (Å²) < 4.78 is 11.4. The topological polar surface area (TPSA) is 102 Å². The van der Waals surface area contributed by atoms with Gasteiger partial charge in [-0.3, -0.25) is 0 Å². The van der Waals surface area contributed by atoms with Gasteiger partial charge >= 0.3 is 12.1 Å². The van der Waals surface area contributed by atoms with E-state index in [1.165, 1.54) is 11.8 Å². The lowest BCUT2D eigenvalue weighted by molar-refractivity contribution is -0.138. The number of para-hydroxylation sites is 2. The minimum Gasteiger partial charge on any atom is -0.480 e. The molecule has 5 rings (SSSR count). The van der Waals surface area contributed by atoms with E-state index < -0.39 is 23.7 Å². The smallest absolute Gasteiger partial charge is 0.408 e. The second kappa shape index (κ2) is 11.1. The van der Waals surface area contributed by atoms with Gasteiger partial charge in [-0.1, -0.05) is 60.7 Å². The number of hydrogen-bond donors (Lipinski definition) is 2. The van der Waals surface area contributed by atoms with Gasteiger partial charge in [0.15, 0.2) is 0 Å². The molecule has 0 saturated carbocycles. The lowest BCUT2D eigenvalue weighted by Gasteiger charge is -2.21. The molecule has 5 aromatic rings. The van der Waals surface area contributed by atoms with E-state index in [9.17, 15) is 14.7 Å². The monoisotopic (exact) mass is 560 g/mol. The number of amides is 1. The Bertz CT molecular complexity index is 1630. The highest BCUT2D eigenvalue weighted by Crippen LogP contribution is 2.36. The van der Waals surface area contributed by atoms with Crippen molar-refractivity contribution in [2.75, 3.05) is 5.75 Å². The molecule has 0 spiro atoms. The van der Waals surface area contributed by atoms with Gasteiger partial charge in [-0.05, 0) is 32.4 Å². The molecule has 0 saturated heterocycles. The molecular weight excluding hydrogens is 532 g/mol. The molecule has 0 aliphatic heterocycles. The van der Waals surface area contributed by atoms with Gasteiger partial charge in [-0.15, -0.1) is 11.3 Å². The Labute approximate surface area is 234 Å². The molecule has 1 atom stereocenters. The molecule has 0 fully saturated rings. The number of nitrogens with one attached hydrogen (secondary N) is 1. The largest absolute Gasteiger partial charge is 0.480 e. The molecule has 0 bridgehead atoms. The van der Waals surface area contributed by atoms with Crippen molar-refractivity contribution in [3.8, 4) is 21.7 Å². The van der Waals surface area contributed by atoms with Crippen LogP contribution >= 0.6 is 23.1 Å². The predicted octanol–water partition coefficient (Wildman–Crippen LogP) is 7.59. The first-order chi connectivity index (χ1) is 18.7. The number of thiazole rings is 1. The highest BCUT2D eigenvalue weighted by Gasteiger charge is 2.24. The Morgan fingerprint density at radius 2 is 1.74 bits per heavy atom. The number of ether oxygens (including phenoxy) is 1. The number of benzene rings is 3. The van der Waals surface area contributed by atoms with Gasteiger partial charge in [0, 0.05) is 38.8 Å². The fourth-order valence-electron chi connectivity index (χ4n) is 4.18. The Kier molecular flexibility index (Phi) is 7.63. The molecule has 1 amide bonds. The molecule has 200 valence electrons. The highest BCUT2D eigenvalue weighted by atomic mass is 32.2. The first kappa shape index (κ1) is 26.8. The van der Waals surface area contributed by atoms with Gasteiger partial charge < -0.3 is 19.6 Å². The summed E-state index contributed by atoms with van der Waals surface area (Å²) in [7, 11) is 0. The molecule has 3 aromatic carbocycles. The average Bonchev–Trinajstić information content (AvgIpc) is 3.52. The number of fused-ring (bicyclic) bond motifs is 3. The number of rotatable bonds is 8. The standard InChI is InChI=1S/C30H28N2O5S2/c1-30(2,3)37-29(35)32-24(28(33)34)17-38-15-20-16-39-27(31-20)19-13-11-18(12-14-19)21-8-6-9-23-22-7-4-5-10-25(22)36-26(21)23/h4-14,16,24H,15,17H2,1-3H3,(H,32,35)(H,33,34)/t24-/m0/s1. The van der Waals surface area contributed by atoms with Gasteiger partial charge in [0.1, 0.15) is 27.8 Å². The second-order valence-corrected chi connectivity index (χ2v) is 11.9. The van der Waals surface area contributed by atoms with Gasteiger partial charge in [0.25, 0.3) is 0 Å². The summed E-state index contributed by atoms with van der Waals surface area (Å²) >= 11 is 2.94. The number of furan rings is 1. The summed E-state index contributed by atoms with van der Waals surface area (Å²) in [5, 5.41) is 17.0. The van der Waals surface area contributed by atoms with Gasteiger partial charge in [-0.2, -0.15) is 11.8 Å². The summed E-state index contributed by atoms with van der Waals surface area (Å²) in [5.74, 6) is -0.378. The lowest BCUT2D eigenvalue weighted by atomic mass is 10.0. The minimum atomic E-state index is -1.11. The van der Waals surface area contributed by atoms with Gasteiger partial charge in [0.2, 0.25) is 0 Å². The number of carboxylic acids is 1. The van der Waals surface area contributed by atoms with E-state index in [2.05, 4.69) is 53.8 Å². The molecule has 0 radical (unpaired) electrons. The van der Waals surface area contributed by atoms with Crippen LogP contribution in [-0.2, 0) is 15.3 Å². The van der Waals surface area contributed by atoms with Gasteiger partial charge in [0.05, 0.1) is 5.69 Å². The van der Waals surface area contributed by atoms with Crippen molar-refractivity contribution in [1.82, 2.24) is 10.3 Å². The summed E-state index contributed by atoms with van der Waals surface area (Å²) in [6.07, 6.45) is -0.744. The first-order valence-electron chi connectivity index (χ1n) is 12.4. The van der Waals surface area contributed by atoms with Crippen LogP contribution in [0.4, 0.5) is 4.79 Å². The summed E-state index contributed by atoms with van der Waals surface area (Å²) in [4.78, 5) is 28.3. The van der Waals surface area contributed by atoms with Crippen molar-refractivity contribution in [3.63, 3.8) is 0 Å². The molecule has 7 nitrogen and oxygen atoms in total. The molecular formula is C30H28N2O5S2. The number of carboxylic acid groups (broad SMARTS) is 1. The lowest BCUT2D eigenvalue weighted by Crippen LogP contribution is -2.44. The van der Waals surface area contributed by atoms with Crippen molar-refractivity contribution in [2.24, 2.45) is 0 Å². The van der Waals surface area contributed by atoms with E-state index in [0.717, 1.165) is 49.3 Å². The van der Waals surface area contributed by atoms with E-state index in [-0.39, 0.29) is 5.75 Å². The molecule has 2 heterocycles. The van der Waals surface area contributed by atoms with Crippen LogP contribution in [0.3, 0.4) is 0 Å². The number of carbonyl (C=O) groups is 2. The van der Waals surface area contributed by atoms with Crippen LogP contribution in [0.2, 0.25) is 0 Å². The number of alkyl carbamates (subject to hydrolysis) is 1. The fourth-order valence-corrected chi connectivity index (χ4v) is 6.05. The van der Waals surface area contributed by atoms with Crippen molar-refractivity contribution >= 4 is 57.1 Å². The highest BCUT2D eigenvalue weighted by molar-refractivity contribution is 7.98. The zero-order chi connectivity index (χ0) is 27.6. The van der Waals surface area contributed by atoms with Crippen LogP contribution in [0, 0.1) is 0 Å². The van der Waals surface area contributed by atoms with Crippen LogP contribution in [0.25, 0.3) is 43.6 Å². The molecule has 2 N–H and O–H groups in total. The second-order valence-electron chi connectivity index (χ2n) is 10.1. The third-order valence-electron chi connectivity index (χ3n) is 5.92. The molecule has 0 unspecified atom stereocenters. The normalized spacial score (nSPS) is 12.5. The predicted molar refractivity (Wildman–Crippen MR) is 157 cm³/mol. The molecule has 39 heavy (non-hydrogen) atoms. The van der Waals surface area contributed by atoms with Crippen LogP contribution in [-0.4, -0.2) is 39.5 Å². The Hall–Kier alpha value is -3.82. The van der Waals surface area contributed by atoms with Gasteiger partial charge in [-0.25, -0.2) is 14.6 Å². The minimum absolute atomic E-state index is 0.198. The van der Waals surface area contributed by atoms with Crippen LogP contribution in [0.5, 0.6) is 0 Å². The maximum absolute atomic E-state index is 12.0. The van der Waals surface area contributed by atoms with Crippen molar-refractivity contribution in [1.29, 1.82) is 0 Å². The average molecular weight is 561 g/mol. The zero-order valence-electron chi connectivity index (χ0n) is 21.8. The quantitative estimate of drug-likeness (QED) is 0.202. The Morgan fingerprint density at radius 1 is 1.03 bits per heavy atom. The summed E-state index contributed by atoms with van der Waals surface area (Å²) in [6, 6.07) is 21.5. The van der Waals surface area contributed by atoms with Crippen molar-refractivity contribution in [3.05, 3.63) is 77.8 Å². The SMILES string of the molecule is CC(C)(C)OC(=O)N[C@@H](CSCc1csc(-c2ccc(-c3cccc4c3oc3ccccc34)cc2)n1)C(=O)O. The van der Waals surface area contributed by atoms with E-state index in [0.29, 0.717) is 5.75 Å². The number of carbonyl (C=O) groups excluding carboxylic acids is 1. The van der Waals surface area contributed by atoms with E-state index in [1.54, 1.807) is 32.1 Å². The maximum atomic E-state index is 12.0. The number of hydrogen-bond acceptors (Lipinski definition) is 7. The van der Waals surface area contributed by atoms with E-state index in [4.69, 9.17) is 14.1 Å². The zero-order valence-corrected chi connectivity index (χ0v) is 23.4. The van der Waals surface area contributed by atoms with E-state index >= 15 is 0 Å². The fraction of sp³-hybridized carbons (Fsp3) is 0.233. The number of aliphatic carboxylic acids is 1. The summed E-state index contributed by atoms with van der Waals surface area (Å²) in [6.45, 7) is 5.18. The van der Waals surface area contributed by atoms with Crippen LogP contribution in [0.15, 0.2) is 76.5 Å². The summed E-state index contributed by atoms with van der Waals surface area (Å²) in [5.41, 5.74) is 5.02. The molecule has 9 heteroatoms. The third-order valence-corrected chi connectivity index (χ3v) is 7.93. The maximum Gasteiger partial charge on any atom is 0.408 e. The van der Waals surface area contributed by atoms with Crippen molar-refractivity contribution < 1.29 is 23.8 Å². The third kappa shape index (κ3) is 6.26. The Morgan fingerprint density at radius 3 is 2.49 bits per heavy atom. The number of nitrogens with zero attached hydrogens (tertiary/aromatic N) is 1. The van der Waals surface area contributed by atoms with Crippen molar-refractivity contribution in [2.45, 2.75) is 38.2 Å². The van der Waals surface area contributed by atoms with Crippen LogP contribution < -0.4 is 5.32 Å².